The first kappa shape index (κ1) is 19.6. The molecule has 0 aliphatic carbocycles. The zero-order valence-corrected chi connectivity index (χ0v) is 17.7. The first-order valence-electron chi connectivity index (χ1n) is 10.1. The summed E-state index contributed by atoms with van der Waals surface area (Å²) < 4.78 is 3.05. The van der Waals surface area contributed by atoms with Crippen LogP contribution in [-0.2, 0) is 24.2 Å². The fourth-order valence-electron chi connectivity index (χ4n) is 4.25. The molecule has 1 aliphatic rings. The van der Waals surface area contributed by atoms with Crippen molar-refractivity contribution >= 4 is 33.2 Å². The Morgan fingerprint density at radius 2 is 2.14 bits per heavy atom. The molecule has 1 N–H and O–H groups in total. The lowest BCUT2D eigenvalue weighted by atomic mass is 10.0. The highest BCUT2D eigenvalue weighted by molar-refractivity contribution is 7.21. The Hall–Kier alpha value is -2.67. The zero-order chi connectivity index (χ0) is 20.4. The van der Waals surface area contributed by atoms with Crippen LogP contribution in [0.2, 0.25) is 0 Å². The maximum atomic E-state index is 13.1. The van der Waals surface area contributed by atoms with Crippen LogP contribution in [0.15, 0.2) is 36.7 Å². The second-order valence-electron chi connectivity index (χ2n) is 7.40. The number of rotatable bonds is 6. The minimum atomic E-state index is -0.0527. The van der Waals surface area contributed by atoms with Crippen molar-refractivity contribution in [3.63, 3.8) is 0 Å². The maximum Gasteiger partial charge on any atom is 0.261 e. The predicted octanol–water partition coefficient (Wildman–Crippen LogP) is 3.25. The van der Waals surface area contributed by atoms with Gasteiger partial charge in [0.15, 0.2) is 0 Å². The topological polar surface area (TPSA) is 67.2 Å². The van der Waals surface area contributed by atoms with E-state index in [9.17, 15) is 9.59 Å². The average Bonchev–Trinajstić information content (AvgIpc) is 3.46. The highest BCUT2D eigenvalue weighted by Crippen LogP contribution is 2.34. The maximum absolute atomic E-state index is 13.1. The molecule has 29 heavy (non-hydrogen) atoms. The lowest BCUT2D eigenvalue weighted by molar-refractivity contribution is -0.132. The monoisotopic (exact) mass is 410 g/mol. The first-order chi connectivity index (χ1) is 14.1. The normalized spacial score (nSPS) is 16.5. The van der Waals surface area contributed by atoms with Gasteiger partial charge in [-0.15, -0.1) is 11.3 Å². The summed E-state index contributed by atoms with van der Waals surface area (Å²) in [6, 6.07) is 8.26. The molecule has 1 aromatic carbocycles. The van der Waals surface area contributed by atoms with Gasteiger partial charge in [0, 0.05) is 43.1 Å². The molecular weight excluding hydrogens is 384 g/mol. The van der Waals surface area contributed by atoms with Gasteiger partial charge in [0.05, 0.1) is 4.88 Å². The van der Waals surface area contributed by atoms with Crippen LogP contribution in [0.1, 0.15) is 40.8 Å². The summed E-state index contributed by atoms with van der Waals surface area (Å²) in [5.41, 5.74) is 1.06. The van der Waals surface area contributed by atoms with Crippen LogP contribution in [0.4, 0.5) is 0 Å². The van der Waals surface area contributed by atoms with Gasteiger partial charge < -0.3 is 14.8 Å². The summed E-state index contributed by atoms with van der Waals surface area (Å²) in [6.45, 7) is 3.15. The fourth-order valence-corrected chi connectivity index (χ4v) is 5.42. The number of carbonyl (C=O) groups excluding carboxylic acids is 2. The number of nitrogens with zero attached hydrogens (tertiary/aromatic N) is 3. The molecule has 6 nitrogen and oxygen atoms in total. The number of amides is 2. The van der Waals surface area contributed by atoms with Gasteiger partial charge in [0.25, 0.3) is 5.91 Å². The van der Waals surface area contributed by atoms with Crippen molar-refractivity contribution in [2.45, 2.75) is 45.2 Å². The van der Waals surface area contributed by atoms with E-state index in [-0.39, 0.29) is 17.9 Å². The lowest BCUT2D eigenvalue weighted by Crippen LogP contribution is -2.39. The summed E-state index contributed by atoms with van der Waals surface area (Å²) in [7, 11) is 1.67. The summed E-state index contributed by atoms with van der Waals surface area (Å²) in [5, 5.41) is 3.89. The van der Waals surface area contributed by atoms with E-state index < -0.39 is 0 Å². The van der Waals surface area contributed by atoms with Crippen LogP contribution in [0, 0.1) is 0 Å². The van der Waals surface area contributed by atoms with Gasteiger partial charge in [-0.1, -0.05) is 25.1 Å². The van der Waals surface area contributed by atoms with Crippen molar-refractivity contribution in [1.82, 2.24) is 19.8 Å². The molecule has 2 aromatic heterocycles. The Bertz CT molecular complexity index is 1040. The summed E-state index contributed by atoms with van der Waals surface area (Å²) in [5.74, 6) is 1.00. The van der Waals surface area contributed by atoms with E-state index in [1.54, 1.807) is 13.2 Å². The van der Waals surface area contributed by atoms with Gasteiger partial charge in [-0.25, -0.2) is 4.98 Å². The van der Waals surface area contributed by atoms with E-state index in [4.69, 9.17) is 0 Å². The number of nitrogens with one attached hydrogen (secondary N) is 1. The highest BCUT2D eigenvalue weighted by Gasteiger charge is 2.31. The van der Waals surface area contributed by atoms with Crippen molar-refractivity contribution in [3.8, 4) is 0 Å². The molecule has 152 valence electrons. The number of imidazole rings is 1. The molecule has 3 heterocycles. The summed E-state index contributed by atoms with van der Waals surface area (Å²) >= 11 is 1.53. The second kappa shape index (κ2) is 8.37. The molecule has 2 amide bonds. The second-order valence-corrected chi connectivity index (χ2v) is 8.45. The van der Waals surface area contributed by atoms with Gasteiger partial charge in [-0.2, -0.15) is 0 Å². The van der Waals surface area contributed by atoms with Gasteiger partial charge in [-0.05, 0) is 36.3 Å². The van der Waals surface area contributed by atoms with E-state index in [1.807, 2.05) is 34.7 Å². The molecule has 1 saturated heterocycles. The molecule has 0 spiro atoms. The zero-order valence-electron chi connectivity index (χ0n) is 16.9. The number of aryl methyl sites for hydroxylation is 1. The number of hydrogen-bond donors (Lipinski definition) is 1. The van der Waals surface area contributed by atoms with Crippen LogP contribution in [0.5, 0.6) is 0 Å². The van der Waals surface area contributed by atoms with Gasteiger partial charge in [0.2, 0.25) is 5.91 Å². The number of carbonyl (C=O) groups is 2. The molecular formula is C22H26N4O2S. The molecule has 0 bridgehead atoms. The predicted molar refractivity (Wildman–Crippen MR) is 115 cm³/mol. The smallest absolute Gasteiger partial charge is 0.261 e. The Morgan fingerprint density at radius 1 is 1.31 bits per heavy atom. The van der Waals surface area contributed by atoms with Crippen molar-refractivity contribution in [2.75, 3.05) is 13.6 Å². The largest absolute Gasteiger partial charge is 0.354 e. The van der Waals surface area contributed by atoms with Gasteiger partial charge in [0.1, 0.15) is 12.4 Å². The van der Waals surface area contributed by atoms with E-state index in [0.717, 1.165) is 52.2 Å². The Balaban J connectivity index is 1.59. The summed E-state index contributed by atoms with van der Waals surface area (Å²) in [4.78, 5) is 32.6. The van der Waals surface area contributed by atoms with E-state index >= 15 is 0 Å². The SMILES string of the molecule is CCc1nccn1CC(=O)N1CCC[C@H]1Cc1c(C(=O)NC)sc2ccccc12. The number of benzene rings is 1. The van der Waals surface area contributed by atoms with Crippen molar-refractivity contribution in [1.29, 1.82) is 0 Å². The van der Waals surface area contributed by atoms with E-state index in [2.05, 4.69) is 22.4 Å². The van der Waals surface area contributed by atoms with Crippen molar-refractivity contribution in [2.24, 2.45) is 0 Å². The van der Waals surface area contributed by atoms with Crippen LogP contribution in [0.25, 0.3) is 10.1 Å². The quantitative estimate of drug-likeness (QED) is 0.678. The molecule has 0 radical (unpaired) electrons. The molecule has 4 rings (SSSR count). The van der Waals surface area contributed by atoms with E-state index in [1.165, 1.54) is 11.3 Å². The number of hydrogen-bond acceptors (Lipinski definition) is 4. The number of fused-ring (bicyclic) bond motifs is 1. The first-order valence-corrected chi connectivity index (χ1v) is 11.0. The third kappa shape index (κ3) is 3.79. The van der Waals surface area contributed by atoms with Crippen LogP contribution in [-0.4, -0.2) is 45.9 Å². The molecule has 1 atom stereocenters. The minimum absolute atomic E-state index is 0.0527. The van der Waals surface area contributed by atoms with Crippen LogP contribution >= 0.6 is 11.3 Å². The highest BCUT2D eigenvalue weighted by atomic mass is 32.1. The molecule has 3 aromatic rings. The molecule has 1 aliphatic heterocycles. The minimum Gasteiger partial charge on any atom is -0.354 e. The third-order valence-corrected chi connectivity index (χ3v) is 6.90. The molecule has 0 unspecified atom stereocenters. The van der Waals surface area contributed by atoms with Gasteiger partial charge in [-0.3, -0.25) is 9.59 Å². The summed E-state index contributed by atoms with van der Waals surface area (Å²) in [6.07, 6.45) is 7.10. The number of likely N-dealkylation sites (tertiary alicyclic amines) is 1. The Kier molecular flexibility index (Phi) is 5.67. The number of thiophene rings is 1. The molecule has 0 saturated carbocycles. The average molecular weight is 411 g/mol. The van der Waals surface area contributed by atoms with Crippen molar-refractivity contribution < 1.29 is 9.59 Å². The van der Waals surface area contributed by atoms with Crippen molar-refractivity contribution in [3.05, 3.63) is 52.9 Å². The lowest BCUT2D eigenvalue weighted by Gasteiger charge is -2.25. The van der Waals surface area contributed by atoms with Crippen LogP contribution in [0.3, 0.4) is 0 Å². The third-order valence-electron chi connectivity index (χ3n) is 5.69. The van der Waals surface area contributed by atoms with Gasteiger partial charge >= 0.3 is 0 Å². The molecule has 1 fully saturated rings. The Morgan fingerprint density at radius 3 is 2.93 bits per heavy atom. The Labute approximate surface area is 174 Å². The van der Waals surface area contributed by atoms with Crippen LogP contribution < -0.4 is 5.32 Å². The standard InChI is InChI=1S/C22H26N4O2S/c1-3-19-24-10-12-25(19)14-20(27)26-11-6-7-15(26)13-17-16-8-4-5-9-18(16)29-21(17)22(28)23-2/h4-5,8-10,12,15H,3,6-7,11,13-14H2,1-2H3,(H,23,28)/t15-/m0/s1. The number of aromatic nitrogens is 2. The fraction of sp³-hybridized carbons (Fsp3) is 0.409. The molecule has 7 heteroatoms. The van der Waals surface area contributed by atoms with E-state index in [0.29, 0.717) is 13.0 Å².